The Balaban J connectivity index is 2.03. The molecule has 1 fully saturated rings. The van der Waals surface area contributed by atoms with Crippen molar-refractivity contribution in [2.24, 2.45) is 5.92 Å². The quantitative estimate of drug-likeness (QED) is 0.674. The fourth-order valence-electron chi connectivity index (χ4n) is 2.10. The van der Waals surface area contributed by atoms with Crippen molar-refractivity contribution >= 4 is 16.9 Å². The molecule has 0 saturated heterocycles. The smallest absolute Gasteiger partial charge is 0.189 e. The summed E-state index contributed by atoms with van der Waals surface area (Å²) < 4.78 is 0. The van der Waals surface area contributed by atoms with E-state index in [1.165, 1.54) is 32.1 Å². The molecule has 0 aromatic carbocycles. The highest BCUT2D eigenvalue weighted by atomic mass is 32.2. The minimum atomic E-state index is 0.335. The molecule has 1 aliphatic carbocycles. The lowest BCUT2D eigenvalue weighted by Gasteiger charge is -2.20. The van der Waals surface area contributed by atoms with Gasteiger partial charge < -0.3 is 0 Å². The van der Waals surface area contributed by atoms with Crippen molar-refractivity contribution in [1.82, 2.24) is 0 Å². The van der Waals surface area contributed by atoms with Crippen molar-refractivity contribution in [3.8, 4) is 11.8 Å². The zero-order valence-electron chi connectivity index (χ0n) is 11.0. The molecule has 17 heavy (non-hydrogen) atoms. The van der Waals surface area contributed by atoms with Crippen LogP contribution in [0.25, 0.3) is 0 Å². The second-order valence-corrected chi connectivity index (χ2v) is 5.87. The average molecular weight is 252 g/mol. The van der Waals surface area contributed by atoms with Gasteiger partial charge in [-0.15, -0.1) is 11.8 Å². The third-order valence-electron chi connectivity index (χ3n) is 3.16. The largest absolute Gasteiger partial charge is 0.287 e. The monoisotopic (exact) mass is 252 g/mol. The second kappa shape index (κ2) is 9.59. The Morgan fingerprint density at radius 1 is 1.18 bits per heavy atom. The first-order valence-electron chi connectivity index (χ1n) is 6.94. The maximum atomic E-state index is 11.6. The summed E-state index contributed by atoms with van der Waals surface area (Å²) in [5.41, 5.74) is 0. The van der Waals surface area contributed by atoms with Gasteiger partial charge in [0.05, 0.1) is 0 Å². The summed E-state index contributed by atoms with van der Waals surface area (Å²) in [6, 6.07) is 0. The molecule has 1 aliphatic rings. The summed E-state index contributed by atoms with van der Waals surface area (Å²) in [6.45, 7) is 2.12. The summed E-state index contributed by atoms with van der Waals surface area (Å²) in [6.07, 6.45) is 10.2. The van der Waals surface area contributed by atoms with Gasteiger partial charge in [-0.25, -0.2) is 0 Å². The highest BCUT2D eigenvalue weighted by Gasteiger charge is 2.14. The molecule has 0 amide bonds. The standard InChI is InChI=1S/C15H24OS/c1-2-3-4-5-9-12-15(16)17-13-14-10-7-6-8-11-14/h14H,2-3,6-13H2,1H3. The van der Waals surface area contributed by atoms with Crippen molar-refractivity contribution in [3.05, 3.63) is 0 Å². The Morgan fingerprint density at radius 2 is 1.88 bits per heavy atom. The molecule has 0 aromatic rings. The van der Waals surface area contributed by atoms with Crippen LogP contribution in [0.2, 0.25) is 0 Å². The molecular formula is C15H24OS. The lowest BCUT2D eigenvalue weighted by Crippen LogP contribution is -2.10. The number of unbranched alkanes of at least 4 members (excludes halogenated alkanes) is 1. The van der Waals surface area contributed by atoms with Crippen molar-refractivity contribution in [3.63, 3.8) is 0 Å². The van der Waals surface area contributed by atoms with Crippen LogP contribution in [0.3, 0.4) is 0 Å². The zero-order chi connectivity index (χ0) is 12.3. The molecule has 1 rings (SSSR count). The normalized spacial score (nSPS) is 16.3. The zero-order valence-corrected chi connectivity index (χ0v) is 11.8. The molecule has 0 unspecified atom stereocenters. The molecular weight excluding hydrogens is 228 g/mol. The maximum absolute atomic E-state index is 11.6. The summed E-state index contributed by atoms with van der Waals surface area (Å²) >= 11 is 1.54. The highest BCUT2D eigenvalue weighted by molar-refractivity contribution is 8.13. The predicted molar refractivity (Wildman–Crippen MR) is 76.0 cm³/mol. The van der Waals surface area contributed by atoms with Crippen LogP contribution >= 0.6 is 11.8 Å². The number of hydrogen-bond acceptors (Lipinski definition) is 2. The van der Waals surface area contributed by atoms with E-state index in [0.717, 1.165) is 30.9 Å². The van der Waals surface area contributed by atoms with Crippen molar-refractivity contribution in [1.29, 1.82) is 0 Å². The molecule has 0 radical (unpaired) electrons. The van der Waals surface area contributed by atoms with E-state index in [4.69, 9.17) is 0 Å². The van der Waals surface area contributed by atoms with Crippen LogP contribution in [0.1, 0.15) is 64.7 Å². The molecule has 0 bridgehead atoms. The van der Waals surface area contributed by atoms with Crippen LogP contribution in [0, 0.1) is 17.8 Å². The van der Waals surface area contributed by atoms with Gasteiger partial charge in [-0.05, 0) is 25.2 Å². The fraction of sp³-hybridized carbons (Fsp3) is 0.800. The Bertz CT molecular complexity index is 268. The minimum Gasteiger partial charge on any atom is -0.287 e. The van der Waals surface area contributed by atoms with Gasteiger partial charge in [0.2, 0.25) is 0 Å². The van der Waals surface area contributed by atoms with Crippen LogP contribution in [-0.2, 0) is 4.79 Å². The second-order valence-electron chi connectivity index (χ2n) is 4.79. The van der Waals surface area contributed by atoms with Gasteiger partial charge >= 0.3 is 0 Å². The summed E-state index contributed by atoms with van der Waals surface area (Å²) in [5, 5.41) is 0.335. The molecule has 0 aliphatic heterocycles. The van der Waals surface area contributed by atoms with Gasteiger partial charge in [-0.3, -0.25) is 4.79 Å². The van der Waals surface area contributed by atoms with Crippen molar-refractivity contribution < 1.29 is 4.79 Å². The van der Waals surface area contributed by atoms with Gasteiger partial charge in [0.25, 0.3) is 0 Å². The number of rotatable bonds is 5. The van der Waals surface area contributed by atoms with Crippen LogP contribution in [-0.4, -0.2) is 10.9 Å². The van der Waals surface area contributed by atoms with Crippen molar-refractivity contribution in [2.45, 2.75) is 64.7 Å². The molecule has 0 N–H and O–H groups in total. The Kier molecular flexibility index (Phi) is 8.26. The molecule has 2 heteroatoms. The summed E-state index contributed by atoms with van der Waals surface area (Å²) in [7, 11) is 0. The Hall–Kier alpha value is -0.420. The number of hydrogen-bond donors (Lipinski definition) is 0. The average Bonchev–Trinajstić information content (AvgIpc) is 2.37. The Morgan fingerprint density at radius 3 is 2.59 bits per heavy atom. The molecule has 0 heterocycles. The van der Waals surface area contributed by atoms with Crippen LogP contribution in [0.15, 0.2) is 0 Å². The summed E-state index contributed by atoms with van der Waals surface area (Å²) in [5.74, 6) is 7.99. The van der Waals surface area contributed by atoms with E-state index in [2.05, 4.69) is 18.8 Å². The Labute approximate surface area is 110 Å². The van der Waals surface area contributed by atoms with Gasteiger partial charge in [0.15, 0.2) is 5.12 Å². The molecule has 0 aromatic heterocycles. The lowest BCUT2D eigenvalue weighted by molar-refractivity contribution is -0.110. The lowest BCUT2D eigenvalue weighted by atomic mass is 9.91. The molecule has 1 saturated carbocycles. The number of thioether (sulfide) groups is 1. The van der Waals surface area contributed by atoms with Crippen LogP contribution < -0.4 is 0 Å². The first-order valence-corrected chi connectivity index (χ1v) is 7.93. The van der Waals surface area contributed by atoms with E-state index in [-0.39, 0.29) is 0 Å². The van der Waals surface area contributed by atoms with E-state index in [1.807, 2.05) is 0 Å². The number of carbonyl (C=O) groups is 1. The van der Waals surface area contributed by atoms with E-state index in [0.29, 0.717) is 11.5 Å². The van der Waals surface area contributed by atoms with Gasteiger partial charge in [0, 0.05) is 25.0 Å². The first-order chi connectivity index (χ1) is 8.33. The van der Waals surface area contributed by atoms with E-state index < -0.39 is 0 Å². The molecule has 0 atom stereocenters. The molecule has 1 nitrogen and oxygen atoms in total. The van der Waals surface area contributed by atoms with Gasteiger partial charge in [-0.2, -0.15) is 0 Å². The van der Waals surface area contributed by atoms with Crippen molar-refractivity contribution in [2.75, 3.05) is 5.75 Å². The third kappa shape index (κ3) is 7.49. The minimum absolute atomic E-state index is 0.335. The van der Waals surface area contributed by atoms with E-state index >= 15 is 0 Å². The molecule has 0 spiro atoms. The van der Waals surface area contributed by atoms with E-state index in [9.17, 15) is 4.79 Å². The third-order valence-corrected chi connectivity index (χ3v) is 4.32. The number of carbonyl (C=O) groups excluding carboxylic acids is 1. The fourth-order valence-corrected chi connectivity index (χ4v) is 3.10. The maximum Gasteiger partial charge on any atom is 0.189 e. The first kappa shape index (κ1) is 14.6. The summed E-state index contributed by atoms with van der Waals surface area (Å²) in [4.78, 5) is 11.6. The molecule has 96 valence electrons. The van der Waals surface area contributed by atoms with Crippen LogP contribution in [0.5, 0.6) is 0 Å². The highest BCUT2D eigenvalue weighted by Crippen LogP contribution is 2.27. The SMILES string of the molecule is CCCC#CCCC(=O)SCC1CCCCC1. The van der Waals surface area contributed by atoms with E-state index in [1.54, 1.807) is 11.8 Å². The van der Waals surface area contributed by atoms with Gasteiger partial charge in [-0.1, -0.05) is 37.9 Å². The van der Waals surface area contributed by atoms with Crippen LogP contribution in [0.4, 0.5) is 0 Å². The predicted octanol–water partition coefficient (Wildman–Crippen LogP) is 4.41. The topological polar surface area (TPSA) is 17.1 Å². The van der Waals surface area contributed by atoms with Gasteiger partial charge in [0.1, 0.15) is 0 Å².